The number of amides is 2. The van der Waals surface area contributed by atoms with Crippen molar-refractivity contribution in [3.8, 4) is 12.1 Å². The fraction of sp³-hybridized carbons (Fsp3) is 0.133. The molecule has 106 valence electrons. The zero-order chi connectivity index (χ0) is 15.7. The first-order chi connectivity index (χ1) is 10.7. The van der Waals surface area contributed by atoms with Crippen LogP contribution in [-0.4, -0.2) is 32.8 Å². The number of hydrogen-bond donors (Lipinski definition) is 0. The van der Waals surface area contributed by atoms with E-state index in [1.54, 1.807) is 24.3 Å². The maximum Gasteiger partial charge on any atom is 0.261 e. The lowest BCUT2D eigenvalue weighted by Crippen LogP contribution is -2.33. The van der Waals surface area contributed by atoms with Crippen molar-refractivity contribution in [2.24, 2.45) is 0 Å². The molecule has 2 amide bonds. The lowest BCUT2D eigenvalue weighted by molar-refractivity contribution is 0.0649. The number of rotatable bonds is 3. The fourth-order valence-corrected chi connectivity index (χ4v) is 2.40. The summed E-state index contributed by atoms with van der Waals surface area (Å²) in [6, 6.07) is 10.4. The molecule has 7 nitrogen and oxygen atoms in total. The third-order valence-electron chi connectivity index (χ3n) is 3.49. The van der Waals surface area contributed by atoms with Crippen molar-refractivity contribution in [3.63, 3.8) is 0 Å². The molecule has 0 bridgehead atoms. The first-order valence-corrected chi connectivity index (χ1v) is 6.48. The summed E-state index contributed by atoms with van der Waals surface area (Å²) in [5.41, 5.74) is 0.927. The van der Waals surface area contributed by atoms with Gasteiger partial charge in [0.25, 0.3) is 11.8 Å². The number of nitrogens with zero attached hydrogens (tertiary/aromatic N) is 5. The molecule has 22 heavy (non-hydrogen) atoms. The van der Waals surface area contributed by atoms with Gasteiger partial charge in [0, 0.05) is 13.1 Å². The Labute approximate surface area is 125 Å². The molecule has 0 spiro atoms. The zero-order valence-electron chi connectivity index (χ0n) is 11.4. The van der Waals surface area contributed by atoms with Crippen molar-refractivity contribution in [1.29, 1.82) is 10.5 Å². The molecule has 0 fully saturated rings. The molecule has 0 unspecified atom stereocenters. The molecule has 1 aliphatic heterocycles. The molecule has 0 N–H and O–H groups in total. The molecule has 7 heteroatoms. The molecule has 0 atom stereocenters. The van der Waals surface area contributed by atoms with E-state index in [-0.39, 0.29) is 36.3 Å². The van der Waals surface area contributed by atoms with Crippen molar-refractivity contribution in [2.75, 3.05) is 6.54 Å². The molecule has 0 radical (unpaired) electrons. The first kappa shape index (κ1) is 13.5. The summed E-state index contributed by atoms with van der Waals surface area (Å²) in [7, 11) is 0. The number of nitriles is 2. The SMILES string of the molecule is N#Cc1ncn(CCN2C(=O)c3ccccc3C2=O)c1C#N. The van der Waals surface area contributed by atoms with Crippen LogP contribution in [0.5, 0.6) is 0 Å². The molecule has 1 aromatic carbocycles. The maximum atomic E-state index is 12.2. The van der Waals surface area contributed by atoms with Gasteiger partial charge in [-0.1, -0.05) is 12.1 Å². The largest absolute Gasteiger partial charge is 0.319 e. The Morgan fingerprint density at radius 2 is 1.64 bits per heavy atom. The normalized spacial score (nSPS) is 12.9. The summed E-state index contributed by atoms with van der Waals surface area (Å²) in [6.45, 7) is 0.325. The van der Waals surface area contributed by atoms with Gasteiger partial charge in [-0.3, -0.25) is 14.5 Å². The van der Waals surface area contributed by atoms with E-state index in [9.17, 15) is 9.59 Å². The quantitative estimate of drug-likeness (QED) is 0.782. The third kappa shape index (κ3) is 1.93. The molecule has 0 saturated heterocycles. The van der Waals surface area contributed by atoms with Gasteiger partial charge in [0.05, 0.1) is 17.5 Å². The molecule has 0 aliphatic carbocycles. The predicted octanol–water partition coefficient (Wildman–Crippen LogP) is 0.923. The van der Waals surface area contributed by atoms with E-state index in [0.29, 0.717) is 11.1 Å². The van der Waals surface area contributed by atoms with Crippen molar-refractivity contribution < 1.29 is 9.59 Å². The topological polar surface area (TPSA) is 103 Å². The highest BCUT2D eigenvalue weighted by Crippen LogP contribution is 2.22. The Kier molecular flexibility index (Phi) is 3.17. The van der Waals surface area contributed by atoms with Gasteiger partial charge in [0.2, 0.25) is 0 Å². The Morgan fingerprint density at radius 1 is 1.00 bits per heavy atom. The van der Waals surface area contributed by atoms with Crippen LogP contribution < -0.4 is 0 Å². The summed E-state index contributed by atoms with van der Waals surface area (Å²) in [4.78, 5) is 29.4. The number of benzene rings is 1. The standard InChI is InChI=1S/C15H9N5O2/c16-7-12-13(8-17)19(9-18-12)5-6-20-14(21)10-3-1-2-4-11(10)15(20)22/h1-4,9H,5-6H2. The molecule has 0 saturated carbocycles. The van der Waals surface area contributed by atoms with Crippen LogP contribution >= 0.6 is 0 Å². The highest BCUT2D eigenvalue weighted by Gasteiger charge is 2.34. The lowest BCUT2D eigenvalue weighted by atomic mass is 10.1. The van der Waals surface area contributed by atoms with Crippen LogP contribution in [-0.2, 0) is 6.54 Å². The molecule has 2 aromatic rings. The second-order valence-electron chi connectivity index (χ2n) is 4.67. The Bertz CT molecular complexity index is 834. The molecule has 1 aliphatic rings. The smallest absolute Gasteiger partial charge is 0.261 e. The predicted molar refractivity (Wildman–Crippen MR) is 73.5 cm³/mol. The second-order valence-corrected chi connectivity index (χ2v) is 4.67. The molecular formula is C15H9N5O2. The van der Waals surface area contributed by atoms with Gasteiger partial charge < -0.3 is 4.57 Å². The van der Waals surface area contributed by atoms with Crippen molar-refractivity contribution in [1.82, 2.24) is 14.5 Å². The van der Waals surface area contributed by atoms with E-state index < -0.39 is 0 Å². The minimum Gasteiger partial charge on any atom is -0.319 e. The van der Waals surface area contributed by atoms with Gasteiger partial charge in [0.1, 0.15) is 12.1 Å². The highest BCUT2D eigenvalue weighted by molar-refractivity contribution is 6.21. The number of imide groups is 1. The van der Waals surface area contributed by atoms with Crippen molar-refractivity contribution in [3.05, 3.63) is 53.1 Å². The summed E-state index contributed by atoms with van der Waals surface area (Å²) < 4.78 is 1.46. The van der Waals surface area contributed by atoms with E-state index in [2.05, 4.69) is 4.98 Å². The minimum atomic E-state index is -0.347. The van der Waals surface area contributed by atoms with Crippen LogP contribution in [0.1, 0.15) is 32.1 Å². The summed E-state index contributed by atoms with van der Waals surface area (Å²) in [5, 5.41) is 17.9. The van der Waals surface area contributed by atoms with Gasteiger partial charge in [-0.25, -0.2) is 4.98 Å². The summed E-state index contributed by atoms with van der Waals surface area (Å²) in [5.74, 6) is -0.695. The van der Waals surface area contributed by atoms with Crippen LogP contribution in [0.4, 0.5) is 0 Å². The zero-order valence-corrected chi connectivity index (χ0v) is 11.4. The van der Waals surface area contributed by atoms with E-state index in [1.165, 1.54) is 10.9 Å². The fourth-order valence-electron chi connectivity index (χ4n) is 2.40. The number of hydrogen-bond acceptors (Lipinski definition) is 5. The van der Waals surface area contributed by atoms with Gasteiger partial charge in [-0.2, -0.15) is 10.5 Å². The van der Waals surface area contributed by atoms with Gasteiger partial charge in [-0.05, 0) is 12.1 Å². The lowest BCUT2D eigenvalue weighted by Gasteiger charge is -2.14. The Balaban J connectivity index is 1.81. The van der Waals surface area contributed by atoms with E-state index in [1.807, 2.05) is 12.1 Å². The molecule has 1 aromatic heterocycles. The van der Waals surface area contributed by atoms with Crippen molar-refractivity contribution >= 4 is 11.8 Å². The maximum absolute atomic E-state index is 12.2. The van der Waals surface area contributed by atoms with Crippen LogP contribution in [0, 0.1) is 22.7 Å². The van der Waals surface area contributed by atoms with E-state index in [4.69, 9.17) is 10.5 Å². The highest BCUT2D eigenvalue weighted by atomic mass is 16.2. The molecular weight excluding hydrogens is 282 g/mol. The minimum absolute atomic E-state index is 0.0323. The van der Waals surface area contributed by atoms with E-state index >= 15 is 0 Å². The average Bonchev–Trinajstić information content (AvgIpc) is 3.06. The number of imidazole rings is 1. The van der Waals surface area contributed by atoms with Crippen molar-refractivity contribution in [2.45, 2.75) is 6.54 Å². The van der Waals surface area contributed by atoms with Gasteiger partial charge in [0.15, 0.2) is 11.4 Å². The van der Waals surface area contributed by atoms with Gasteiger partial charge in [-0.15, -0.1) is 0 Å². The number of carbonyl (C=O) groups is 2. The van der Waals surface area contributed by atoms with Gasteiger partial charge >= 0.3 is 0 Å². The monoisotopic (exact) mass is 291 g/mol. The third-order valence-corrected chi connectivity index (χ3v) is 3.49. The Morgan fingerprint density at radius 3 is 2.18 bits per heavy atom. The number of aromatic nitrogens is 2. The summed E-state index contributed by atoms with van der Waals surface area (Å²) >= 11 is 0. The Hall–Kier alpha value is -3.45. The second kappa shape index (κ2) is 5.15. The van der Waals surface area contributed by atoms with Crippen LogP contribution in [0.3, 0.4) is 0 Å². The molecule has 2 heterocycles. The summed E-state index contributed by atoms with van der Waals surface area (Å²) in [6.07, 6.45) is 1.36. The molecule has 3 rings (SSSR count). The van der Waals surface area contributed by atoms with Crippen LogP contribution in [0.2, 0.25) is 0 Å². The van der Waals surface area contributed by atoms with Crippen LogP contribution in [0.25, 0.3) is 0 Å². The average molecular weight is 291 g/mol. The number of fused-ring (bicyclic) bond motifs is 1. The first-order valence-electron chi connectivity index (χ1n) is 6.48. The van der Waals surface area contributed by atoms with Crippen LogP contribution in [0.15, 0.2) is 30.6 Å². The van der Waals surface area contributed by atoms with E-state index in [0.717, 1.165) is 4.90 Å². The number of carbonyl (C=O) groups excluding carboxylic acids is 2.